The zero-order chi connectivity index (χ0) is 50.0. The van der Waals surface area contributed by atoms with E-state index in [-0.39, 0.29) is 38.0 Å². The highest BCUT2D eigenvalue weighted by molar-refractivity contribution is 5.71. The smallest absolute Gasteiger partial charge is 0.306 e. The molecule has 1 unspecified atom stereocenters. The first-order valence-electron chi connectivity index (χ1n) is 27.0. The van der Waals surface area contributed by atoms with E-state index in [1.807, 2.05) is 24.3 Å². The highest BCUT2D eigenvalue weighted by Crippen LogP contribution is 2.11. The zero-order valence-electron chi connectivity index (χ0n) is 43.8. The summed E-state index contributed by atoms with van der Waals surface area (Å²) in [5.74, 6) is -1.14. The fraction of sp³-hybridized carbons (Fsp3) is 0.540. The molecule has 0 N–H and O–H groups in total. The molecule has 0 spiro atoms. The van der Waals surface area contributed by atoms with Crippen molar-refractivity contribution in [3.63, 3.8) is 0 Å². The predicted octanol–water partition coefficient (Wildman–Crippen LogP) is 18.2. The van der Waals surface area contributed by atoms with Crippen molar-refractivity contribution in [3.05, 3.63) is 158 Å². The summed E-state index contributed by atoms with van der Waals surface area (Å²) in [7, 11) is 0. The largest absolute Gasteiger partial charge is 0.462 e. The lowest BCUT2D eigenvalue weighted by Crippen LogP contribution is -2.30. The first kappa shape index (κ1) is 64.0. The number of hydrogen-bond acceptors (Lipinski definition) is 6. The minimum atomic E-state index is -0.860. The molecular weight excluding hydrogens is 853 g/mol. The standard InChI is InChI=1S/C63H96O6/c1-4-7-10-13-16-19-22-25-27-29-31-33-35-38-41-44-47-50-53-56-62(65)68-59-60(58-67-61(64)55-52-49-46-43-40-37-24-21-18-15-12-9-6-3)69-63(66)57-54-51-48-45-42-39-36-34-32-30-28-26-23-20-17-14-11-8-5-2/h7-8,10-11,16-17,19-21,24-28,31-34,38-39,41-42,47-48,50-51,60H,4-6,9,12-15,18,22-23,29-30,35-37,40,43-46,49,52-59H2,1-3H3/b10-7-,11-8-,19-16-,20-17-,24-21-,27-25-,28-26-,33-31-,34-32-,41-38-,42-39-,50-47-,51-48-. The van der Waals surface area contributed by atoms with Gasteiger partial charge in [-0.3, -0.25) is 14.4 Å². The van der Waals surface area contributed by atoms with Gasteiger partial charge in [0.25, 0.3) is 0 Å². The average Bonchev–Trinajstić information content (AvgIpc) is 3.35. The predicted molar refractivity (Wildman–Crippen MR) is 297 cm³/mol. The third-order valence-electron chi connectivity index (χ3n) is 10.5. The third-order valence-corrected chi connectivity index (χ3v) is 10.5. The molecule has 1 atom stereocenters. The van der Waals surface area contributed by atoms with Crippen LogP contribution >= 0.6 is 0 Å². The van der Waals surface area contributed by atoms with Crippen molar-refractivity contribution in [1.29, 1.82) is 0 Å². The van der Waals surface area contributed by atoms with Gasteiger partial charge in [0.2, 0.25) is 0 Å². The lowest BCUT2D eigenvalue weighted by molar-refractivity contribution is -0.166. The van der Waals surface area contributed by atoms with Crippen molar-refractivity contribution in [2.45, 2.75) is 207 Å². The van der Waals surface area contributed by atoms with Crippen LogP contribution in [0.15, 0.2) is 158 Å². The van der Waals surface area contributed by atoms with E-state index in [9.17, 15) is 14.4 Å². The van der Waals surface area contributed by atoms with E-state index >= 15 is 0 Å². The molecule has 0 aliphatic carbocycles. The Bertz CT molecular complexity index is 1610. The van der Waals surface area contributed by atoms with Crippen molar-refractivity contribution in [3.8, 4) is 0 Å². The minimum Gasteiger partial charge on any atom is -0.462 e. The molecule has 0 aromatic carbocycles. The van der Waals surface area contributed by atoms with Crippen LogP contribution in [0.25, 0.3) is 0 Å². The summed E-state index contributed by atoms with van der Waals surface area (Å²) in [5.41, 5.74) is 0. The molecule has 0 amide bonds. The number of allylic oxidation sites excluding steroid dienone is 26. The monoisotopic (exact) mass is 949 g/mol. The Hall–Kier alpha value is -4.97. The second kappa shape index (κ2) is 55.6. The van der Waals surface area contributed by atoms with E-state index in [4.69, 9.17) is 14.2 Å². The van der Waals surface area contributed by atoms with Crippen molar-refractivity contribution in [2.24, 2.45) is 0 Å². The minimum absolute atomic E-state index is 0.143. The van der Waals surface area contributed by atoms with Crippen molar-refractivity contribution >= 4 is 17.9 Å². The molecule has 6 heteroatoms. The van der Waals surface area contributed by atoms with Crippen molar-refractivity contribution < 1.29 is 28.6 Å². The number of carbonyl (C=O) groups is 3. The van der Waals surface area contributed by atoms with E-state index in [1.54, 1.807) is 0 Å². The lowest BCUT2D eigenvalue weighted by atomic mass is 10.1. The molecule has 0 saturated carbocycles. The number of unbranched alkanes of at least 4 members (excludes halogenated alkanes) is 9. The molecule has 69 heavy (non-hydrogen) atoms. The molecule has 0 heterocycles. The third kappa shape index (κ3) is 53.8. The summed E-state index contributed by atoms with van der Waals surface area (Å²) in [6.45, 7) is 6.23. The second-order valence-electron chi connectivity index (χ2n) is 17.0. The van der Waals surface area contributed by atoms with Crippen LogP contribution in [0, 0.1) is 0 Å². The lowest BCUT2D eigenvalue weighted by Gasteiger charge is -2.18. The van der Waals surface area contributed by atoms with E-state index in [1.165, 1.54) is 38.5 Å². The van der Waals surface area contributed by atoms with Crippen LogP contribution in [0.3, 0.4) is 0 Å². The first-order chi connectivity index (χ1) is 34.0. The summed E-state index contributed by atoms with van der Waals surface area (Å²) in [5, 5.41) is 0. The number of esters is 3. The van der Waals surface area contributed by atoms with E-state index < -0.39 is 12.1 Å². The molecule has 0 radical (unpaired) electrons. The normalized spacial score (nSPS) is 13.4. The van der Waals surface area contributed by atoms with E-state index in [2.05, 4.69) is 154 Å². The Morgan fingerprint density at radius 2 is 0.594 bits per heavy atom. The van der Waals surface area contributed by atoms with Gasteiger partial charge in [0.05, 0.1) is 0 Å². The quantitative estimate of drug-likeness (QED) is 0.0262. The molecule has 0 saturated heterocycles. The van der Waals surface area contributed by atoms with E-state index in [0.717, 1.165) is 109 Å². The van der Waals surface area contributed by atoms with Gasteiger partial charge in [-0.1, -0.05) is 217 Å². The maximum Gasteiger partial charge on any atom is 0.306 e. The molecule has 0 fully saturated rings. The van der Waals surface area contributed by atoms with Crippen LogP contribution in [-0.4, -0.2) is 37.2 Å². The average molecular weight is 949 g/mol. The summed E-state index contributed by atoms with van der Waals surface area (Å²) in [6, 6.07) is 0. The van der Waals surface area contributed by atoms with Crippen LogP contribution in [0.4, 0.5) is 0 Å². The van der Waals surface area contributed by atoms with Crippen molar-refractivity contribution in [2.75, 3.05) is 13.2 Å². The van der Waals surface area contributed by atoms with Gasteiger partial charge in [-0.25, -0.2) is 0 Å². The SMILES string of the molecule is CC/C=C\C/C=C\C/C=C\C/C=C\C/C=C\C/C=C\CCC(=O)OCC(COC(=O)CCCCCCC/C=C\CCCCCC)OC(=O)CC/C=C\C/C=C\C/C=C\C/C=C\C/C=C\C/C=C\CC. The maximum absolute atomic E-state index is 12.8. The Kier molecular flexibility index (Phi) is 51.6. The Morgan fingerprint density at radius 1 is 0.304 bits per heavy atom. The summed E-state index contributed by atoms with van der Waals surface area (Å²) in [6.07, 6.45) is 81.1. The van der Waals surface area contributed by atoms with Crippen LogP contribution in [0.5, 0.6) is 0 Å². The molecule has 0 bridgehead atoms. The summed E-state index contributed by atoms with van der Waals surface area (Å²) < 4.78 is 16.7. The van der Waals surface area contributed by atoms with Crippen molar-refractivity contribution in [1.82, 2.24) is 0 Å². The van der Waals surface area contributed by atoms with Gasteiger partial charge in [-0.2, -0.15) is 0 Å². The van der Waals surface area contributed by atoms with E-state index in [0.29, 0.717) is 19.3 Å². The maximum atomic E-state index is 12.8. The Balaban J connectivity index is 4.66. The van der Waals surface area contributed by atoms with Gasteiger partial charge < -0.3 is 14.2 Å². The highest BCUT2D eigenvalue weighted by atomic mass is 16.6. The molecule has 0 aliphatic rings. The molecule has 0 aromatic rings. The molecule has 0 rings (SSSR count). The summed E-state index contributed by atoms with van der Waals surface area (Å²) in [4.78, 5) is 38.0. The van der Waals surface area contributed by atoms with Gasteiger partial charge in [0.1, 0.15) is 13.2 Å². The first-order valence-corrected chi connectivity index (χ1v) is 27.0. The van der Waals surface area contributed by atoms with Gasteiger partial charge in [0.15, 0.2) is 6.10 Å². The second-order valence-corrected chi connectivity index (χ2v) is 17.0. The van der Waals surface area contributed by atoms with Crippen LogP contribution < -0.4 is 0 Å². The molecule has 0 aromatic heterocycles. The fourth-order valence-electron chi connectivity index (χ4n) is 6.55. The van der Waals surface area contributed by atoms with Crippen LogP contribution in [0.2, 0.25) is 0 Å². The Labute approximate surface area is 422 Å². The van der Waals surface area contributed by atoms with Gasteiger partial charge in [-0.15, -0.1) is 0 Å². The van der Waals surface area contributed by atoms with Gasteiger partial charge >= 0.3 is 17.9 Å². The number of carbonyl (C=O) groups excluding carboxylic acids is 3. The highest BCUT2D eigenvalue weighted by Gasteiger charge is 2.19. The number of rotatable bonds is 46. The Morgan fingerprint density at radius 3 is 0.971 bits per heavy atom. The van der Waals surface area contributed by atoms with Crippen LogP contribution in [-0.2, 0) is 28.6 Å². The fourth-order valence-corrected chi connectivity index (χ4v) is 6.55. The molecule has 384 valence electrons. The van der Waals surface area contributed by atoms with Gasteiger partial charge in [0, 0.05) is 19.3 Å². The number of hydrogen-bond donors (Lipinski definition) is 0. The molecule has 6 nitrogen and oxygen atoms in total. The molecule has 0 aliphatic heterocycles. The zero-order valence-corrected chi connectivity index (χ0v) is 43.8. The van der Waals surface area contributed by atoms with Gasteiger partial charge in [-0.05, 0) is 122 Å². The summed E-state index contributed by atoms with van der Waals surface area (Å²) >= 11 is 0. The number of ether oxygens (including phenoxy) is 3. The topological polar surface area (TPSA) is 78.9 Å². The van der Waals surface area contributed by atoms with Crippen LogP contribution in [0.1, 0.15) is 201 Å². The molecular formula is C63H96O6.